The third kappa shape index (κ3) is 5.40. The monoisotopic (exact) mass is 329 g/mol. The van der Waals surface area contributed by atoms with Gasteiger partial charge in [0.05, 0.1) is 10.6 Å². The van der Waals surface area contributed by atoms with Crippen LogP contribution in [0.5, 0.6) is 0 Å². The number of nitrogens with one attached hydrogen (secondary N) is 1. The first-order valence-electron chi connectivity index (χ1n) is 7.16. The van der Waals surface area contributed by atoms with E-state index in [2.05, 4.69) is 30.4 Å². The Morgan fingerprint density at radius 2 is 2.29 bits per heavy atom. The fraction of sp³-hybridized carbons (Fsp3) is 0.600. The zero-order chi connectivity index (χ0) is 15.8. The van der Waals surface area contributed by atoms with Crippen molar-refractivity contribution >= 4 is 35.1 Å². The lowest BCUT2D eigenvalue weighted by molar-refractivity contribution is 0.0741. The van der Waals surface area contributed by atoms with E-state index >= 15 is 0 Å². The van der Waals surface area contributed by atoms with Gasteiger partial charge in [-0.15, -0.1) is 0 Å². The van der Waals surface area contributed by atoms with Gasteiger partial charge in [-0.05, 0) is 37.8 Å². The van der Waals surface area contributed by atoms with Crippen LogP contribution in [0.25, 0.3) is 0 Å². The summed E-state index contributed by atoms with van der Waals surface area (Å²) in [5.41, 5.74) is 0.503. The molecule has 0 saturated heterocycles. The zero-order valence-electron chi connectivity index (χ0n) is 13.1. The zero-order valence-corrected chi connectivity index (χ0v) is 14.7. The molecule has 0 aromatic carbocycles. The molecule has 1 atom stereocenters. The van der Waals surface area contributed by atoms with Crippen molar-refractivity contribution in [3.63, 3.8) is 0 Å². The summed E-state index contributed by atoms with van der Waals surface area (Å²) in [5, 5.41) is 3.57. The van der Waals surface area contributed by atoms with Crippen LogP contribution in [0.15, 0.2) is 12.3 Å². The summed E-state index contributed by atoms with van der Waals surface area (Å²) >= 11 is 7.92. The minimum Gasteiger partial charge on any atom is -0.370 e. The Balaban J connectivity index is 2.84. The predicted octanol–water partition coefficient (Wildman–Crippen LogP) is 3.77. The quantitative estimate of drug-likeness (QED) is 0.788. The van der Waals surface area contributed by atoms with Gasteiger partial charge >= 0.3 is 0 Å². The third-order valence-electron chi connectivity index (χ3n) is 3.36. The number of hydrogen-bond acceptors (Lipinski definition) is 4. The molecule has 0 aliphatic heterocycles. The summed E-state index contributed by atoms with van der Waals surface area (Å²) in [6.07, 6.45) is 5.57. The van der Waals surface area contributed by atoms with Gasteiger partial charge in [-0.1, -0.05) is 18.5 Å². The molecule has 0 fully saturated rings. The van der Waals surface area contributed by atoms with Crippen molar-refractivity contribution in [2.45, 2.75) is 32.7 Å². The number of rotatable bonds is 8. The van der Waals surface area contributed by atoms with Crippen LogP contribution in [0.3, 0.4) is 0 Å². The summed E-state index contributed by atoms with van der Waals surface area (Å²) in [5.74, 6) is 1.66. The SMILES string of the molecule is CCCNc1cc(C(=O)N(C)C(C)CCSC)c(Cl)cn1. The topological polar surface area (TPSA) is 45.2 Å². The Kier molecular flexibility index (Phi) is 7.89. The number of carbonyl (C=O) groups is 1. The summed E-state index contributed by atoms with van der Waals surface area (Å²) in [7, 11) is 1.82. The van der Waals surface area contributed by atoms with Gasteiger partial charge in [0.1, 0.15) is 5.82 Å². The number of hydrogen-bond donors (Lipinski definition) is 1. The Morgan fingerprint density at radius 1 is 1.57 bits per heavy atom. The molecule has 1 unspecified atom stereocenters. The fourth-order valence-corrected chi connectivity index (χ4v) is 2.59. The number of halogens is 1. The van der Waals surface area contributed by atoms with Crippen LogP contribution < -0.4 is 5.32 Å². The highest BCUT2D eigenvalue weighted by atomic mass is 35.5. The number of nitrogens with zero attached hydrogens (tertiary/aromatic N) is 2. The van der Waals surface area contributed by atoms with E-state index < -0.39 is 0 Å². The van der Waals surface area contributed by atoms with Gasteiger partial charge in [-0.2, -0.15) is 11.8 Å². The van der Waals surface area contributed by atoms with Gasteiger partial charge < -0.3 is 10.2 Å². The number of amides is 1. The maximum Gasteiger partial charge on any atom is 0.255 e. The molecule has 21 heavy (non-hydrogen) atoms. The molecular formula is C15H24ClN3OS. The Bertz CT molecular complexity index is 470. The molecule has 1 aromatic heterocycles. The molecule has 0 aliphatic rings. The molecule has 0 saturated carbocycles. The van der Waals surface area contributed by atoms with Gasteiger partial charge in [0.2, 0.25) is 0 Å². The van der Waals surface area contributed by atoms with Crippen LogP contribution >= 0.6 is 23.4 Å². The first-order valence-corrected chi connectivity index (χ1v) is 8.93. The van der Waals surface area contributed by atoms with Gasteiger partial charge in [0.15, 0.2) is 0 Å². The van der Waals surface area contributed by atoms with Crippen molar-refractivity contribution in [2.24, 2.45) is 0 Å². The molecular weight excluding hydrogens is 306 g/mol. The number of anilines is 1. The van der Waals surface area contributed by atoms with E-state index in [0.717, 1.165) is 25.1 Å². The average Bonchev–Trinajstić information content (AvgIpc) is 2.50. The number of aromatic nitrogens is 1. The molecule has 1 rings (SSSR count). The molecule has 4 nitrogen and oxygen atoms in total. The molecule has 118 valence electrons. The van der Waals surface area contributed by atoms with Crippen molar-refractivity contribution in [3.8, 4) is 0 Å². The largest absolute Gasteiger partial charge is 0.370 e. The van der Waals surface area contributed by atoms with Crippen molar-refractivity contribution in [1.82, 2.24) is 9.88 Å². The van der Waals surface area contributed by atoms with Gasteiger partial charge in [0.25, 0.3) is 5.91 Å². The van der Waals surface area contributed by atoms with E-state index in [1.165, 1.54) is 6.20 Å². The molecule has 6 heteroatoms. The maximum absolute atomic E-state index is 12.6. The van der Waals surface area contributed by atoms with Crippen molar-refractivity contribution in [1.29, 1.82) is 0 Å². The maximum atomic E-state index is 12.6. The molecule has 1 N–H and O–H groups in total. The Labute approximate surface area is 136 Å². The van der Waals surface area contributed by atoms with Crippen LogP contribution in [-0.2, 0) is 0 Å². The van der Waals surface area contributed by atoms with Gasteiger partial charge in [0, 0.05) is 25.8 Å². The van der Waals surface area contributed by atoms with Crippen LogP contribution in [0.2, 0.25) is 5.02 Å². The molecule has 1 amide bonds. The Morgan fingerprint density at radius 3 is 2.90 bits per heavy atom. The fourth-order valence-electron chi connectivity index (χ4n) is 1.82. The smallest absolute Gasteiger partial charge is 0.255 e. The second kappa shape index (κ2) is 9.15. The molecule has 1 heterocycles. The standard InChI is InChI=1S/C15H24ClN3OS/c1-5-7-17-14-9-12(13(16)10-18-14)15(20)19(3)11(2)6-8-21-4/h9-11H,5-8H2,1-4H3,(H,17,18). The number of carbonyl (C=O) groups excluding carboxylic acids is 1. The highest BCUT2D eigenvalue weighted by Gasteiger charge is 2.20. The number of pyridine rings is 1. The predicted molar refractivity (Wildman–Crippen MR) is 92.6 cm³/mol. The van der Waals surface area contributed by atoms with E-state index in [-0.39, 0.29) is 11.9 Å². The van der Waals surface area contributed by atoms with Crippen LogP contribution in [0.4, 0.5) is 5.82 Å². The number of thioether (sulfide) groups is 1. The second-order valence-electron chi connectivity index (χ2n) is 5.02. The van der Waals surface area contributed by atoms with Crippen molar-refractivity contribution in [3.05, 3.63) is 22.8 Å². The van der Waals surface area contributed by atoms with E-state index in [1.807, 2.05) is 7.05 Å². The highest BCUT2D eigenvalue weighted by Crippen LogP contribution is 2.21. The summed E-state index contributed by atoms with van der Waals surface area (Å²) < 4.78 is 0. The minimum absolute atomic E-state index is 0.0597. The molecule has 0 spiro atoms. The highest BCUT2D eigenvalue weighted by molar-refractivity contribution is 7.98. The lowest BCUT2D eigenvalue weighted by atomic mass is 10.1. The summed E-state index contributed by atoms with van der Waals surface area (Å²) in [6, 6.07) is 1.92. The van der Waals surface area contributed by atoms with Crippen LogP contribution in [0, 0.1) is 0 Å². The van der Waals surface area contributed by atoms with Crippen LogP contribution in [-0.4, -0.2) is 47.4 Å². The summed E-state index contributed by atoms with van der Waals surface area (Å²) in [6.45, 7) is 4.96. The van der Waals surface area contributed by atoms with E-state index in [9.17, 15) is 4.79 Å². The average molecular weight is 330 g/mol. The van der Waals surface area contributed by atoms with Crippen LogP contribution in [0.1, 0.15) is 37.0 Å². The summed E-state index contributed by atoms with van der Waals surface area (Å²) in [4.78, 5) is 18.5. The lowest BCUT2D eigenvalue weighted by Gasteiger charge is -2.25. The van der Waals surface area contributed by atoms with Crippen molar-refractivity contribution in [2.75, 3.05) is 30.9 Å². The normalized spacial score (nSPS) is 12.0. The second-order valence-corrected chi connectivity index (χ2v) is 6.42. The van der Waals surface area contributed by atoms with E-state index in [1.54, 1.807) is 22.7 Å². The molecule has 1 aromatic rings. The minimum atomic E-state index is -0.0597. The Hall–Kier alpha value is -0.940. The van der Waals surface area contributed by atoms with E-state index in [4.69, 9.17) is 11.6 Å². The molecule has 0 bridgehead atoms. The third-order valence-corrected chi connectivity index (χ3v) is 4.31. The van der Waals surface area contributed by atoms with Crippen molar-refractivity contribution < 1.29 is 4.79 Å². The van der Waals surface area contributed by atoms with Gasteiger partial charge in [-0.3, -0.25) is 4.79 Å². The first-order chi connectivity index (χ1) is 10.0. The molecule has 0 radical (unpaired) electrons. The van der Waals surface area contributed by atoms with E-state index in [0.29, 0.717) is 16.4 Å². The molecule has 0 aliphatic carbocycles. The first kappa shape index (κ1) is 18.1. The van der Waals surface area contributed by atoms with Gasteiger partial charge in [-0.25, -0.2) is 4.98 Å². The lowest BCUT2D eigenvalue weighted by Crippen LogP contribution is -2.35.